The number of imidazole rings is 1. The highest BCUT2D eigenvalue weighted by atomic mass is 16.3. The van der Waals surface area contributed by atoms with Crippen LogP contribution in [0.5, 0.6) is 0 Å². The van der Waals surface area contributed by atoms with Crippen molar-refractivity contribution in [1.82, 2.24) is 24.7 Å². The second kappa shape index (κ2) is 9.14. The Morgan fingerprint density at radius 3 is 2.47 bits per heavy atom. The summed E-state index contributed by atoms with van der Waals surface area (Å²) in [6.45, 7) is 2.52. The molecule has 8 rings (SSSR count). The number of fused-ring (bicyclic) bond motifs is 1. The lowest BCUT2D eigenvalue weighted by Crippen LogP contribution is -2.61. The average Bonchev–Trinajstić information content (AvgIpc) is 3.26. The van der Waals surface area contributed by atoms with E-state index in [0.717, 1.165) is 75.4 Å². The van der Waals surface area contributed by atoms with Gasteiger partial charge >= 0.3 is 11.7 Å². The number of H-pyrrole nitrogens is 1. The van der Waals surface area contributed by atoms with Crippen LogP contribution in [-0.4, -0.2) is 74.7 Å². The van der Waals surface area contributed by atoms with E-state index in [4.69, 9.17) is 0 Å². The first-order chi connectivity index (χ1) is 18.4. The fourth-order valence-electron chi connectivity index (χ4n) is 8.83. The molecule has 1 aromatic heterocycles. The van der Waals surface area contributed by atoms with E-state index >= 15 is 0 Å². The van der Waals surface area contributed by atoms with E-state index in [2.05, 4.69) is 10.3 Å². The molecule has 2 saturated heterocycles. The predicted molar refractivity (Wildman–Crippen MR) is 143 cm³/mol. The standard InChI is InChI=1S/C29H39N5O4/c35-25-19-12-18-13-20(25)16-29(14-18,15-19)26(36)30-21-4-3-9-33(17-21)28(38)32-10-7-22(8-11-32)34-24-6-2-1-5-23(24)31-27(34)37/h1-2,5-6,18-22,25,35H,3-4,7-17H2,(H,30,36)(H,31,37)/t18?,19?,20?,21-,25?,29?/m0/s1. The van der Waals surface area contributed by atoms with Crippen molar-refractivity contribution in [3.63, 3.8) is 0 Å². The zero-order valence-electron chi connectivity index (χ0n) is 22.0. The number of aromatic amines is 1. The van der Waals surface area contributed by atoms with Crippen molar-refractivity contribution in [3.05, 3.63) is 34.7 Å². The van der Waals surface area contributed by atoms with Crippen LogP contribution in [0.25, 0.3) is 11.0 Å². The number of aromatic nitrogens is 2. The SMILES string of the molecule is O=C(N1CCC(n2c(=O)[nH]c3ccccc32)CC1)N1CCC[C@H](NC(=O)C23CC4CC(C2)C(O)C(C4)C3)C1. The van der Waals surface area contributed by atoms with Crippen molar-refractivity contribution in [2.75, 3.05) is 26.2 Å². The van der Waals surface area contributed by atoms with Crippen molar-refractivity contribution < 1.29 is 14.7 Å². The first kappa shape index (κ1) is 24.2. The van der Waals surface area contributed by atoms with Crippen molar-refractivity contribution in [2.45, 2.75) is 76.0 Å². The number of rotatable bonds is 3. The van der Waals surface area contributed by atoms with Gasteiger partial charge in [-0.05, 0) is 87.7 Å². The van der Waals surface area contributed by atoms with E-state index in [-0.39, 0.29) is 53.1 Å². The molecule has 3 atom stereocenters. The van der Waals surface area contributed by atoms with Crippen LogP contribution < -0.4 is 11.0 Å². The number of benzene rings is 1. The molecule has 9 nitrogen and oxygen atoms in total. The Hall–Kier alpha value is -2.81. The molecule has 1 aromatic carbocycles. The summed E-state index contributed by atoms with van der Waals surface area (Å²) in [5.41, 5.74) is 1.37. The third-order valence-electron chi connectivity index (χ3n) is 10.5. The van der Waals surface area contributed by atoms with E-state index in [1.165, 1.54) is 0 Å². The lowest BCUT2D eigenvalue weighted by molar-refractivity contribution is -0.163. The van der Waals surface area contributed by atoms with Crippen molar-refractivity contribution in [2.24, 2.45) is 23.2 Å². The van der Waals surface area contributed by atoms with Crippen LogP contribution in [0.2, 0.25) is 0 Å². The van der Waals surface area contributed by atoms with Gasteiger partial charge in [0.2, 0.25) is 5.91 Å². The molecule has 2 unspecified atom stereocenters. The number of urea groups is 1. The summed E-state index contributed by atoms with van der Waals surface area (Å²) in [5, 5.41) is 13.9. The number of nitrogens with one attached hydrogen (secondary N) is 2. The highest BCUT2D eigenvalue weighted by Gasteiger charge is 2.58. The van der Waals surface area contributed by atoms with Crippen LogP contribution in [-0.2, 0) is 4.79 Å². The van der Waals surface area contributed by atoms with E-state index < -0.39 is 0 Å². The average molecular weight is 522 g/mol. The van der Waals surface area contributed by atoms with E-state index in [1.54, 1.807) is 0 Å². The number of nitrogens with zero attached hydrogens (tertiary/aromatic N) is 3. The van der Waals surface area contributed by atoms with E-state index in [1.807, 2.05) is 38.6 Å². The number of hydrogen-bond acceptors (Lipinski definition) is 4. The zero-order chi connectivity index (χ0) is 26.0. The van der Waals surface area contributed by atoms with Gasteiger partial charge < -0.3 is 25.2 Å². The lowest BCUT2D eigenvalue weighted by atomic mass is 9.48. The van der Waals surface area contributed by atoms with Crippen molar-refractivity contribution in [1.29, 1.82) is 0 Å². The van der Waals surface area contributed by atoms with Gasteiger partial charge in [-0.15, -0.1) is 0 Å². The molecule has 0 radical (unpaired) electrons. The summed E-state index contributed by atoms with van der Waals surface area (Å²) in [7, 11) is 0. The normalized spacial score (nSPS) is 35.1. The number of carbonyl (C=O) groups is 2. The first-order valence-corrected chi connectivity index (χ1v) is 14.6. The molecule has 9 heteroatoms. The number of likely N-dealkylation sites (tertiary alicyclic amines) is 2. The van der Waals surface area contributed by atoms with Crippen LogP contribution in [0, 0.1) is 23.2 Å². The molecular formula is C29H39N5O4. The monoisotopic (exact) mass is 521 g/mol. The zero-order valence-corrected chi connectivity index (χ0v) is 22.0. The molecule has 204 valence electrons. The minimum Gasteiger partial charge on any atom is -0.393 e. The highest BCUT2D eigenvalue weighted by molar-refractivity contribution is 5.84. The molecule has 38 heavy (non-hydrogen) atoms. The molecule has 3 heterocycles. The quantitative estimate of drug-likeness (QED) is 0.577. The minimum absolute atomic E-state index is 0.0135. The van der Waals surface area contributed by atoms with Gasteiger partial charge in [0.15, 0.2) is 0 Å². The second-order valence-corrected chi connectivity index (χ2v) is 12.8. The maximum absolute atomic E-state index is 13.6. The van der Waals surface area contributed by atoms with Crippen LogP contribution in [0.15, 0.2) is 29.1 Å². The molecule has 2 aliphatic heterocycles. The molecule has 4 saturated carbocycles. The van der Waals surface area contributed by atoms with Gasteiger partial charge in [0.25, 0.3) is 0 Å². The Morgan fingerprint density at radius 1 is 0.974 bits per heavy atom. The van der Waals surface area contributed by atoms with Gasteiger partial charge in [0.1, 0.15) is 0 Å². The van der Waals surface area contributed by atoms with Crippen LogP contribution in [0.3, 0.4) is 0 Å². The Balaban J connectivity index is 0.965. The largest absolute Gasteiger partial charge is 0.393 e. The number of aliphatic hydroxyl groups excluding tert-OH is 1. The molecule has 6 fully saturated rings. The summed E-state index contributed by atoms with van der Waals surface area (Å²) < 4.78 is 1.85. The summed E-state index contributed by atoms with van der Waals surface area (Å²) in [6, 6.07) is 7.87. The Kier molecular flexibility index (Phi) is 5.83. The minimum atomic E-state index is -0.315. The lowest BCUT2D eigenvalue weighted by Gasteiger charge is -2.58. The topological polar surface area (TPSA) is 111 Å². The summed E-state index contributed by atoms with van der Waals surface area (Å²) in [6.07, 6.45) is 7.80. The molecule has 2 aromatic rings. The third kappa shape index (κ3) is 3.96. The third-order valence-corrected chi connectivity index (χ3v) is 10.5. The molecule has 0 spiro atoms. The van der Waals surface area contributed by atoms with Crippen molar-refractivity contribution >= 4 is 23.0 Å². The molecule has 4 aliphatic carbocycles. The fourth-order valence-corrected chi connectivity index (χ4v) is 8.83. The van der Waals surface area contributed by atoms with Gasteiger partial charge in [-0.2, -0.15) is 0 Å². The number of hydrogen-bond donors (Lipinski definition) is 3. The van der Waals surface area contributed by atoms with Gasteiger partial charge in [-0.3, -0.25) is 9.36 Å². The van der Waals surface area contributed by atoms with Gasteiger partial charge in [0, 0.05) is 38.3 Å². The summed E-state index contributed by atoms with van der Waals surface area (Å²) >= 11 is 0. The number of para-hydroxylation sites is 2. The molecule has 3 N–H and O–H groups in total. The molecule has 4 bridgehead atoms. The Morgan fingerprint density at radius 2 is 1.71 bits per heavy atom. The van der Waals surface area contributed by atoms with Crippen LogP contribution in [0.4, 0.5) is 4.79 Å². The van der Waals surface area contributed by atoms with Crippen LogP contribution >= 0.6 is 0 Å². The number of amides is 3. The van der Waals surface area contributed by atoms with E-state index in [9.17, 15) is 19.5 Å². The van der Waals surface area contributed by atoms with Crippen molar-refractivity contribution in [3.8, 4) is 0 Å². The predicted octanol–water partition coefficient (Wildman–Crippen LogP) is 2.85. The van der Waals surface area contributed by atoms with Gasteiger partial charge in [-0.25, -0.2) is 9.59 Å². The van der Waals surface area contributed by atoms with Crippen LogP contribution in [0.1, 0.15) is 63.8 Å². The van der Waals surface area contributed by atoms with Gasteiger partial charge in [-0.1, -0.05) is 12.1 Å². The number of aliphatic hydroxyl groups is 1. The second-order valence-electron chi connectivity index (χ2n) is 12.8. The summed E-state index contributed by atoms with van der Waals surface area (Å²) in [4.78, 5) is 46.4. The smallest absolute Gasteiger partial charge is 0.326 e. The summed E-state index contributed by atoms with van der Waals surface area (Å²) in [5.74, 6) is 1.29. The molecule has 6 aliphatic rings. The maximum atomic E-state index is 13.6. The first-order valence-electron chi connectivity index (χ1n) is 14.6. The van der Waals surface area contributed by atoms with Gasteiger partial charge in [0.05, 0.1) is 22.6 Å². The Bertz CT molecular complexity index is 1280. The number of piperidine rings is 2. The Labute approximate surface area is 222 Å². The highest BCUT2D eigenvalue weighted by Crippen LogP contribution is 2.60. The number of carbonyl (C=O) groups excluding carboxylic acids is 2. The molecular weight excluding hydrogens is 482 g/mol. The maximum Gasteiger partial charge on any atom is 0.326 e. The molecule has 3 amide bonds. The fraction of sp³-hybridized carbons (Fsp3) is 0.690. The van der Waals surface area contributed by atoms with E-state index in [0.29, 0.717) is 25.6 Å².